The number of rotatable bonds is 16. The predicted octanol–water partition coefficient (Wildman–Crippen LogP) is 2.36. The Morgan fingerprint density at radius 1 is 0.500 bits per heavy atom. The smallest absolute Gasteiger partial charge is 0.273 e. The number of aliphatic hydroxyl groups is 2. The van der Waals surface area contributed by atoms with Gasteiger partial charge in [-0.3, -0.25) is 52.7 Å². The summed E-state index contributed by atoms with van der Waals surface area (Å²) in [6.45, 7) is 28.6. The van der Waals surface area contributed by atoms with Gasteiger partial charge in [-0.1, -0.05) is 95.2 Å². The standard InChI is InChI=1S/C63H113N11O14/c1-26-28-29-39(13)50(75)49-54(79)66-42(27-2)56(81)74(24)62(88-25)61(86)71(21)46(33-63(16,17)87)53(78)67-47(37(9)10)59(84)68(18)43(30-34(3)4)52(77)64-40(14)51(76)65-41(15)55(80)69(19)44(31-35(5)6)57(82)70(20)45(32-36(7)8)58(83)72(22)48(38(11)12)60(85)73(49)23/h26,28,34-50,62,75,87H,27,29-33H2,1-25H3,(H,64,77)(H,65,76)(H,66,79)(H,67,78)/b28-26+/t39-,40+,41-,42+,43+,44+,45+,46+,47+,48+,49+,50-,62-/m1/s1. The number of hydrogen-bond acceptors (Lipinski definition) is 14. The van der Waals surface area contributed by atoms with Gasteiger partial charge in [-0.15, -0.1) is 0 Å². The topological polar surface area (TPSA) is 308 Å². The zero-order chi connectivity index (χ0) is 68.5. The van der Waals surface area contributed by atoms with Crippen molar-refractivity contribution in [1.29, 1.82) is 0 Å². The number of methoxy groups -OCH3 is 1. The van der Waals surface area contributed by atoms with Crippen LogP contribution < -0.4 is 21.3 Å². The van der Waals surface area contributed by atoms with Crippen LogP contribution in [-0.4, -0.2) is 244 Å². The molecule has 25 nitrogen and oxygen atoms in total. The molecule has 0 aromatic heterocycles. The van der Waals surface area contributed by atoms with Crippen LogP contribution in [0.1, 0.15) is 156 Å². The van der Waals surface area contributed by atoms with Crippen LogP contribution in [0.2, 0.25) is 0 Å². The third-order valence-corrected chi connectivity index (χ3v) is 16.4. The maximum atomic E-state index is 15.2. The van der Waals surface area contributed by atoms with Gasteiger partial charge in [0, 0.05) is 62.9 Å². The highest BCUT2D eigenvalue weighted by molar-refractivity contribution is 6.00. The van der Waals surface area contributed by atoms with Gasteiger partial charge in [0.25, 0.3) is 5.91 Å². The highest BCUT2D eigenvalue weighted by Crippen LogP contribution is 2.26. The van der Waals surface area contributed by atoms with E-state index in [2.05, 4.69) is 21.3 Å². The molecule has 11 amide bonds. The summed E-state index contributed by atoms with van der Waals surface area (Å²) in [5.74, 6) is -10.9. The van der Waals surface area contributed by atoms with Gasteiger partial charge in [0.15, 0.2) is 0 Å². The fourth-order valence-electron chi connectivity index (χ4n) is 11.0. The number of hydrogen-bond donors (Lipinski definition) is 6. The van der Waals surface area contributed by atoms with Gasteiger partial charge in [0.2, 0.25) is 65.3 Å². The van der Waals surface area contributed by atoms with Crippen molar-refractivity contribution in [3.63, 3.8) is 0 Å². The maximum Gasteiger partial charge on any atom is 0.273 e. The first-order valence-corrected chi connectivity index (χ1v) is 31.1. The first-order valence-electron chi connectivity index (χ1n) is 31.1. The third-order valence-electron chi connectivity index (χ3n) is 16.4. The van der Waals surface area contributed by atoms with E-state index in [1.54, 1.807) is 60.6 Å². The van der Waals surface area contributed by atoms with E-state index in [1.165, 1.54) is 96.6 Å². The van der Waals surface area contributed by atoms with Crippen molar-refractivity contribution >= 4 is 65.0 Å². The molecule has 88 heavy (non-hydrogen) atoms. The van der Waals surface area contributed by atoms with E-state index in [0.29, 0.717) is 0 Å². The van der Waals surface area contributed by atoms with E-state index in [9.17, 15) is 53.4 Å². The Hall–Kier alpha value is -6.21. The number of aliphatic hydroxyl groups excluding tert-OH is 1. The number of carbonyl (C=O) groups excluding carboxylic acids is 11. The van der Waals surface area contributed by atoms with Gasteiger partial charge in [-0.2, -0.15) is 0 Å². The molecule has 0 aromatic rings. The molecule has 0 unspecified atom stereocenters. The first kappa shape index (κ1) is 79.8. The minimum Gasteiger partial charge on any atom is -0.390 e. The zero-order valence-electron chi connectivity index (χ0n) is 57.7. The van der Waals surface area contributed by atoms with E-state index in [1.807, 2.05) is 41.5 Å². The van der Waals surface area contributed by atoms with E-state index >= 15 is 9.59 Å². The lowest BCUT2D eigenvalue weighted by Crippen LogP contribution is -2.64. The fraction of sp³-hybridized carbons (Fsp3) is 0.794. The van der Waals surface area contributed by atoms with Crippen LogP contribution in [0.5, 0.6) is 0 Å². The van der Waals surface area contributed by atoms with Gasteiger partial charge in [-0.25, -0.2) is 0 Å². The van der Waals surface area contributed by atoms with E-state index in [4.69, 9.17) is 4.74 Å². The molecule has 25 heteroatoms. The molecule has 0 aromatic carbocycles. The lowest BCUT2D eigenvalue weighted by atomic mass is 9.91. The molecular formula is C63H113N11O14. The number of ether oxygens (including phenoxy) is 1. The Labute approximate surface area is 525 Å². The van der Waals surface area contributed by atoms with Crippen molar-refractivity contribution < 1.29 is 67.7 Å². The summed E-state index contributed by atoms with van der Waals surface area (Å²) >= 11 is 0. The molecule has 1 fully saturated rings. The monoisotopic (exact) mass is 1250 g/mol. The Morgan fingerprint density at radius 2 is 0.932 bits per heavy atom. The highest BCUT2D eigenvalue weighted by Gasteiger charge is 2.47. The minimum absolute atomic E-state index is 0.0726. The normalized spacial score (nSPS) is 27.4. The molecule has 6 N–H and O–H groups in total. The minimum atomic E-state index is -1.75. The maximum absolute atomic E-state index is 15.2. The van der Waals surface area contributed by atoms with Crippen molar-refractivity contribution in [3.05, 3.63) is 12.2 Å². The van der Waals surface area contributed by atoms with Gasteiger partial charge in [0.05, 0.1) is 11.7 Å². The van der Waals surface area contributed by atoms with Crippen LogP contribution >= 0.6 is 0 Å². The summed E-state index contributed by atoms with van der Waals surface area (Å²) in [5.41, 5.74) is -1.60. The summed E-state index contributed by atoms with van der Waals surface area (Å²) in [5, 5.41) is 34.1. The van der Waals surface area contributed by atoms with Crippen LogP contribution in [0.3, 0.4) is 0 Å². The summed E-state index contributed by atoms with van der Waals surface area (Å²) < 4.78 is 5.64. The number of amides is 11. The second kappa shape index (κ2) is 35.3. The van der Waals surface area contributed by atoms with E-state index in [-0.39, 0.29) is 56.3 Å². The second-order valence-corrected chi connectivity index (χ2v) is 26.8. The van der Waals surface area contributed by atoms with Crippen molar-refractivity contribution in [2.45, 2.75) is 235 Å². The summed E-state index contributed by atoms with van der Waals surface area (Å²) in [6, 6.07) is -13.3. The Kier molecular flexibility index (Phi) is 32.0. The molecular weight excluding hydrogens is 1130 g/mol. The van der Waals surface area contributed by atoms with Crippen LogP contribution in [0.25, 0.3) is 0 Å². The van der Waals surface area contributed by atoms with Crippen molar-refractivity contribution in [2.24, 2.45) is 35.5 Å². The van der Waals surface area contributed by atoms with Crippen molar-refractivity contribution in [3.8, 4) is 0 Å². The average Bonchev–Trinajstić information content (AvgIpc) is 2.21. The largest absolute Gasteiger partial charge is 0.390 e. The number of nitrogens with one attached hydrogen (secondary N) is 4. The van der Waals surface area contributed by atoms with Gasteiger partial charge in [0.1, 0.15) is 60.4 Å². The molecule has 1 aliphatic heterocycles. The van der Waals surface area contributed by atoms with E-state index < -0.39 is 161 Å². The van der Waals surface area contributed by atoms with Crippen LogP contribution in [0.4, 0.5) is 0 Å². The van der Waals surface area contributed by atoms with Gasteiger partial charge in [-0.05, 0) is 102 Å². The van der Waals surface area contributed by atoms with Crippen LogP contribution in [0.15, 0.2) is 12.2 Å². The molecule has 0 spiro atoms. The molecule has 0 radical (unpaired) electrons. The summed E-state index contributed by atoms with van der Waals surface area (Å²) in [6.07, 6.45) is 0.435. The molecule has 504 valence electrons. The van der Waals surface area contributed by atoms with Crippen LogP contribution in [0, 0.1) is 35.5 Å². The Balaban J connectivity index is 4.45. The van der Waals surface area contributed by atoms with Gasteiger partial charge >= 0.3 is 0 Å². The molecule has 0 aliphatic carbocycles. The molecule has 1 saturated heterocycles. The quantitative estimate of drug-likeness (QED) is 0.121. The van der Waals surface area contributed by atoms with Crippen LogP contribution in [-0.2, 0) is 57.5 Å². The zero-order valence-corrected chi connectivity index (χ0v) is 57.7. The molecule has 13 atom stereocenters. The molecule has 1 heterocycles. The Bertz CT molecular complexity index is 2430. The highest BCUT2D eigenvalue weighted by atomic mass is 16.5. The summed E-state index contributed by atoms with van der Waals surface area (Å²) in [7, 11) is 10.7. The number of carbonyl (C=O) groups is 11. The average molecular weight is 1250 g/mol. The SMILES string of the molecule is C/C=C/C[C@@H](C)[C@@H](O)[C@H]1C(=O)N[C@@H](CC)C(=O)N(C)[C@H](OC)C(=O)N(C)[C@@H](CC(C)(C)O)C(=O)N[C@@H](C(C)C)C(=O)N(C)[C@@H](CC(C)C)C(=O)N[C@@H](C)C(=O)N[C@H](C)C(=O)N(C)[C@@H](CC(C)C)C(=O)N(C)[C@@H](CC(C)C)C(=O)N(C)[C@@H](C(C)C)C(=O)N1C. The molecule has 1 rings (SSSR count). The van der Waals surface area contributed by atoms with Crippen molar-refractivity contribution in [2.75, 3.05) is 56.4 Å². The number of likely N-dealkylation sites (N-methyl/N-ethyl adjacent to an activating group) is 7. The molecule has 0 bridgehead atoms. The molecule has 0 saturated carbocycles. The lowest BCUT2D eigenvalue weighted by molar-refractivity contribution is -0.165. The summed E-state index contributed by atoms with van der Waals surface area (Å²) in [4.78, 5) is 169. The number of nitrogens with zero attached hydrogens (tertiary/aromatic N) is 7. The Morgan fingerprint density at radius 3 is 1.38 bits per heavy atom. The van der Waals surface area contributed by atoms with E-state index in [0.717, 1.165) is 21.8 Å². The fourth-order valence-corrected chi connectivity index (χ4v) is 11.0. The van der Waals surface area contributed by atoms with Gasteiger partial charge < -0.3 is 70.5 Å². The predicted molar refractivity (Wildman–Crippen MR) is 336 cm³/mol. The van der Waals surface area contributed by atoms with Crippen molar-refractivity contribution in [1.82, 2.24) is 55.6 Å². The first-order chi connectivity index (χ1) is 40.5. The third kappa shape index (κ3) is 21.8. The lowest BCUT2D eigenvalue weighted by Gasteiger charge is -2.41. The number of allylic oxidation sites excluding steroid dienone is 2. The molecule has 1 aliphatic rings. The second-order valence-electron chi connectivity index (χ2n) is 26.8.